The maximum Gasteiger partial charge on any atom is 0.185 e. The van der Waals surface area contributed by atoms with E-state index in [2.05, 4.69) is 25.9 Å². The first-order chi connectivity index (χ1) is 7.75. The van der Waals surface area contributed by atoms with Gasteiger partial charge in [0.15, 0.2) is 5.78 Å². The van der Waals surface area contributed by atoms with Gasteiger partial charge in [-0.05, 0) is 23.8 Å². The van der Waals surface area contributed by atoms with Crippen LogP contribution in [-0.2, 0) is 6.42 Å². The maximum atomic E-state index is 11.8. The highest BCUT2D eigenvalue weighted by Crippen LogP contribution is 2.13. The van der Waals surface area contributed by atoms with E-state index in [0.717, 1.165) is 10.0 Å². The van der Waals surface area contributed by atoms with Crippen molar-refractivity contribution in [2.24, 2.45) is 0 Å². The Bertz CT molecular complexity index is 499. The Morgan fingerprint density at radius 2 is 2.19 bits per heavy atom. The molecule has 0 fully saturated rings. The molecule has 2 rings (SSSR count). The van der Waals surface area contributed by atoms with Crippen LogP contribution in [0.25, 0.3) is 0 Å². The van der Waals surface area contributed by atoms with E-state index in [4.69, 9.17) is 0 Å². The number of benzene rings is 1. The largest absolute Gasteiger partial charge is 0.292 e. The van der Waals surface area contributed by atoms with Crippen LogP contribution in [0.3, 0.4) is 0 Å². The number of carbonyl (C=O) groups excluding carboxylic acids is 1. The van der Waals surface area contributed by atoms with Gasteiger partial charge >= 0.3 is 0 Å². The Balaban J connectivity index is 2.14. The van der Waals surface area contributed by atoms with E-state index >= 15 is 0 Å². The molecule has 0 saturated carbocycles. The zero-order valence-corrected chi connectivity index (χ0v) is 10.0. The van der Waals surface area contributed by atoms with E-state index in [1.54, 1.807) is 12.3 Å². The van der Waals surface area contributed by atoms with Crippen molar-refractivity contribution in [3.8, 4) is 0 Å². The molecule has 0 spiro atoms. The lowest BCUT2D eigenvalue weighted by molar-refractivity contribution is 0.0988. The molecule has 1 aromatic heterocycles. The van der Waals surface area contributed by atoms with Crippen LogP contribution in [0.2, 0.25) is 0 Å². The molecule has 0 amide bonds. The summed E-state index contributed by atoms with van der Waals surface area (Å²) in [6, 6.07) is 9.31. The average molecular weight is 277 g/mol. The van der Waals surface area contributed by atoms with Crippen LogP contribution < -0.4 is 0 Å². The fourth-order valence-corrected chi connectivity index (χ4v) is 1.83. The van der Waals surface area contributed by atoms with Gasteiger partial charge in [-0.1, -0.05) is 28.1 Å². The molecule has 0 N–H and O–H groups in total. The number of Topliss-reactive ketones (excluding diaryl/α,β-unsaturated/α-hetero) is 1. The second kappa shape index (κ2) is 4.99. The highest BCUT2D eigenvalue weighted by Gasteiger charge is 2.07. The van der Waals surface area contributed by atoms with Gasteiger partial charge in [0.25, 0.3) is 0 Å². The van der Waals surface area contributed by atoms with E-state index < -0.39 is 0 Å². The van der Waals surface area contributed by atoms with Crippen molar-refractivity contribution in [2.45, 2.75) is 6.42 Å². The van der Waals surface area contributed by atoms with Crippen molar-refractivity contribution in [1.82, 2.24) is 9.97 Å². The van der Waals surface area contributed by atoms with Gasteiger partial charge in [-0.15, -0.1) is 0 Å². The standard InChI is InChI=1S/C12H9BrN2O/c13-10-3-1-2-9(6-10)7-12(16)11-4-5-14-8-15-11/h1-6,8H,7H2. The van der Waals surface area contributed by atoms with E-state index in [1.807, 2.05) is 24.3 Å². The van der Waals surface area contributed by atoms with E-state index in [-0.39, 0.29) is 5.78 Å². The third-order valence-electron chi connectivity index (χ3n) is 2.12. The Labute approximate surface area is 102 Å². The smallest absolute Gasteiger partial charge is 0.185 e. The number of halogens is 1. The first kappa shape index (κ1) is 11.0. The normalized spacial score (nSPS) is 10.1. The van der Waals surface area contributed by atoms with Crippen LogP contribution in [-0.4, -0.2) is 15.8 Å². The summed E-state index contributed by atoms with van der Waals surface area (Å²) in [5, 5.41) is 0. The van der Waals surface area contributed by atoms with Crippen LogP contribution in [0.4, 0.5) is 0 Å². The molecule has 1 aromatic carbocycles. The van der Waals surface area contributed by atoms with E-state index in [1.165, 1.54) is 6.33 Å². The predicted octanol–water partition coefficient (Wildman–Crippen LogP) is 2.66. The molecule has 0 aliphatic carbocycles. The molecule has 0 aliphatic heterocycles. The van der Waals surface area contributed by atoms with Crippen molar-refractivity contribution in [3.05, 3.63) is 58.6 Å². The first-order valence-electron chi connectivity index (χ1n) is 4.79. The van der Waals surface area contributed by atoms with Crippen molar-refractivity contribution in [3.63, 3.8) is 0 Å². The van der Waals surface area contributed by atoms with E-state index in [0.29, 0.717) is 12.1 Å². The molecule has 0 saturated heterocycles. The molecule has 0 aliphatic rings. The topological polar surface area (TPSA) is 42.9 Å². The minimum atomic E-state index is 0.000463. The Kier molecular flexibility index (Phi) is 3.41. The Morgan fingerprint density at radius 3 is 2.88 bits per heavy atom. The predicted molar refractivity (Wildman–Crippen MR) is 64.2 cm³/mol. The molecule has 1 heterocycles. The zero-order chi connectivity index (χ0) is 11.4. The lowest BCUT2D eigenvalue weighted by atomic mass is 10.1. The number of ketones is 1. The number of nitrogens with zero attached hydrogens (tertiary/aromatic N) is 2. The second-order valence-corrected chi connectivity index (χ2v) is 4.24. The van der Waals surface area contributed by atoms with Crippen LogP contribution in [0.15, 0.2) is 47.3 Å². The van der Waals surface area contributed by atoms with Crippen molar-refractivity contribution in [1.29, 1.82) is 0 Å². The van der Waals surface area contributed by atoms with Crippen LogP contribution in [0.5, 0.6) is 0 Å². The molecule has 0 bridgehead atoms. The highest BCUT2D eigenvalue weighted by molar-refractivity contribution is 9.10. The molecule has 16 heavy (non-hydrogen) atoms. The summed E-state index contributed by atoms with van der Waals surface area (Å²) in [6.45, 7) is 0. The SMILES string of the molecule is O=C(Cc1cccc(Br)c1)c1ccncn1. The molecule has 0 unspecified atom stereocenters. The van der Waals surface area contributed by atoms with Crippen LogP contribution in [0.1, 0.15) is 16.1 Å². The van der Waals surface area contributed by atoms with Gasteiger partial charge in [0.2, 0.25) is 0 Å². The minimum Gasteiger partial charge on any atom is -0.292 e. The summed E-state index contributed by atoms with van der Waals surface area (Å²) in [7, 11) is 0. The lowest BCUT2D eigenvalue weighted by Crippen LogP contribution is -2.05. The summed E-state index contributed by atoms with van der Waals surface area (Å²) >= 11 is 3.37. The van der Waals surface area contributed by atoms with E-state index in [9.17, 15) is 4.79 Å². The Hall–Kier alpha value is -1.55. The highest BCUT2D eigenvalue weighted by atomic mass is 79.9. The summed E-state index contributed by atoms with van der Waals surface area (Å²) in [6.07, 6.45) is 3.31. The number of hydrogen-bond donors (Lipinski definition) is 0. The molecular weight excluding hydrogens is 268 g/mol. The molecule has 2 aromatic rings. The number of aromatic nitrogens is 2. The maximum absolute atomic E-state index is 11.8. The quantitative estimate of drug-likeness (QED) is 0.810. The summed E-state index contributed by atoms with van der Waals surface area (Å²) in [5.74, 6) is 0.000463. The summed E-state index contributed by atoms with van der Waals surface area (Å²) in [5.41, 5.74) is 1.42. The average Bonchev–Trinajstić information content (AvgIpc) is 2.30. The Morgan fingerprint density at radius 1 is 1.31 bits per heavy atom. The van der Waals surface area contributed by atoms with Gasteiger partial charge in [0, 0.05) is 17.1 Å². The summed E-state index contributed by atoms with van der Waals surface area (Å²) in [4.78, 5) is 19.5. The molecular formula is C12H9BrN2O. The van der Waals surface area contributed by atoms with Crippen LogP contribution >= 0.6 is 15.9 Å². The van der Waals surface area contributed by atoms with Gasteiger partial charge in [0.1, 0.15) is 12.0 Å². The van der Waals surface area contributed by atoms with Gasteiger partial charge in [-0.2, -0.15) is 0 Å². The third-order valence-corrected chi connectivity index (χ3v) is 2.61. The second-order valence-electron chi connectivity index (χ2n) is 3.32. The zero-order valence-electron chi connectivity index (χ0n) is 8.43. The third kappa shape index (κ3) is 2.73. The molecule has 80 valence electrons. The van der Waals surface area contributed by atoms with Crippen LogP contribution in [0, 0.1) is 0 Å². The van der Waals surface area contributed by atoms with Gasteiger partial charge in [0.05, 0.1) is 0 Å². The number of hydrogen-bond acceptors (Lipinski definition) is 3. The number of rotatable bonds is 3. The lowest BCUT2D eigenvalue weighted by Gasteiger charge is -2.00. The minimum absolute atomic E-state index is 0.000463. The fraction of sp³-hybridized carbons (Fsp3) is 0.0833. The molecule has 0 radical (unpaired) electrons. The van der Waals surface area contributed by atoms with Crippen molar-refractivity contribution >= 4 is 21.7 Å². The number of carbonyl (C=O) groups is 1. The van der Waals surface area contributed by atoms with Gasteiger partial charge < -0.3 is 0 Å². The first-order valence-corrected chi connectivity index (χ1v) is 5.58. The van der Waals surface area contributed by atoms with Gasteiger partial charge in [-0.25, -0.2) is 9.97 Å². The molecule has 4 heteroatoms. The van der Waals surface area contributed by atoms with Crippen molar-refractivity contribution in [2.75, 3.05) is 0 Å². The monoisotopic (exact) mass is 276 g/mol. The van der Waals surface area contributed by atoms with Crippen molar-refractivity contribution < 1.29 is 4.79 Å². The summed E-state index contributed by atoms with van der Waals surface area (Å²) < 4.78 is 0.973. The molecule has 3 nitrogen and oxygen atoms in total. The molecule has 0 atom stereocenters. The van der Waals surface area contributed by atoms with Gasteiger partial charge in [-0.3, -0.25) is 4.79 Å². The fourth-order valence-electron chi connectivity index (χ4n) is 1.38.